The number of hydrogen-bond donors (Lipinski definition) is 0. The van der Waals surface area contributed by atoms with Crippen LogP contribution in [0.5, 0.6) is 0 Å². The average Bonchev–Trinajstić information content (AvgIpc) is 3.09. The van der Waals surface area contributed by atoms with E-state index in [0.717, 1.165) is 0 Å². The molecular formula is C14H12BrF2NO3. The molecule has 1 fully saturated rings. The first-order chi connectivity index (χ1) is 9.90. The van der Waals surface area contributed by atoms with Crippen LogP contribution in [0, 0.1) is 5.82 Å². The molecule has 0 N–H and O–H groups in total. The van der Waals surface area contributed by atoms with Gasteiger partial charge in [-0.2, -0.15) is 0 Å². The summed E-state index contributed by atoms with van der Waals surface area (Å²) in [6.45, 7) is -0.274. The Morgan fingerprint density at radius 2 is 2.24 bits per heavy atom. The highest BCUT2D eigenvalue weighted by molar-refractivity contribution is 9.10. The van der Waals surface area contributed by atoms with Crippen LogP contribution in [0.25, 0.3) is 0 Å². The SMILES string of the molecule is COC(=O)CN1C[C@]2(C[C@H]2F)c2c(ccc(Br)c2F)C1=O. The van der Waals surface area contributed by atoms with E-state index in [1.54, 1.807) is 0 Å². The summed E-state index contributed by atoms with van der Waals surface area (Å²) in [4.78, 5) is 25.0. The second kappa shape index (κ2) is 4.76. The number of alkyl halides is 1. The fraction of sp³-hybridized carbons (Fsp3) is 0.429. The lowest BCUT2D eigenvalue weighted by molar-refractivity contribution is -0.141. The van der Waals surface area contributed by atoms with Crippen LogP contribution in [0.3, 0.4) is 0 Å². The van der Waals surface area contributed by atoms with E-state index >= 15 is 0 Å². The first-order valence-corrected chi connectivity index (χ1v) is 7.18. The Morgan fingerprint density at radius 1 is 1.57 bits per heavy atom. The summed E-state index contributed by atoms with van der Waals surface area (Å²) in [7, 11) is 1.21. The summed E-state index contributed by atoms with van der Waals surface area (Å²) >= 11 is 3.06. The zero-order valence-electron chi connectivity index (χ0n) is 11.2. The highest BCUT2D eigenvalue weighted by atomic mass is 79.9. The smallest absolute Gasteiger partial charge is 0.325 e. The molecule has 0 aromatic heterocycles. The number of carbonyl (C=O) groups is 2. The highest BCUT2D eigenvalue weighted by Gasteiger charge is 2.62. The molecular weight excluding hydrogens is 348 g/mol. The van der Waals surface area contributed by atoms with E-state index in [4.69, 9.17) is 0 Å². The molecule has 0 radical (unpaired) electrons. The quantitative estimate of drug-likeness (QED) is 0.760. The molecule has 1 heterocycles. The maximum Gasteiger partial charge on any atom is 0.325 e. The Hall–Kier alpha value is -1.50. The van der Waals surface area contributed by atoms with E-state index in [0.29, 0.717) is 0 Å². The fourth-order valence-electron chi connectivity index (χ4n) is 2.91. The van der Waals surface area contributed by atoms with Crippen molar-refractivity contribution in [2.45, 2.75) is 18.0 Å². The van der Waals surface area contributed by atoms with Gasteiger partial charge in [0.2, 0.25) is 0 Å². The number of amides is 1. The van der Waals surface area contributed by atoms with E-state index in [-0.39, 0.29) is 35.1 Å². The molecule has 2 atom stereocenters. The second-order valence-electron chi connectivity index (χ2n) is 5.35. The third-order valence-electron chi connectivity index (χ3n) is 4.11. The first kappa shape index (κ1) is 14.4. The first-order valence-electron chi connectivity index (χ1n) is 6.39. The molecule has 1 aliphatic heterocycles. The van der Waals surface area contributed by atoms with Crippen LogP contribution in [0.2, 0.25) is 0 Å². The number of halogens is 3. The van der Waals surface area contributed by atoms with Gasteiger partial charge in [0.15, 0.2) is 0 Å². The molecule has 3 rings (SSSR count). The van der Waals surface area contributed by atoms with Crippen molar-refractivity contribution in [3.63, 3.8) is 0 Å². The Morgan fingerprint density at radius 3 is 2.81 bits per heavy atom. The van der Waals surface area contributed by atoms with Crippen molar-refractivity contribution < 1.29 is 23.1 Å². The number of fused-ring (bicyclic) bond motifs is 2. The number of hydrogen-bond acceptors (Lipinski definition) is 3. The number of benzene rings is 1. The van der Waals surface area contributed by atoms with Crippen molar-refractivity contribution in [1.29, 1.82) is 0 Å². The monoisotopic (exact) mass is 359 g/mol. The Bertz CT molecular complexity index is 651. The molecule has 1 aliphatic carbocycles. The van der Waals surface area contributed by atoms with Crippen LogP contribution >= 0.6 is 15.9 Å². The normalized spacial score (nSPS) is 26.8. The second-order valence-corrected chi connectivity index (χ2v) is 6.20. The van der Waals surface area contributed by atoms with E-state index < -0.39 is 29.3 Å². The highest BCUT2D eigenvalue weighted by Crippen LogP contribution is 2.55. The summed E-state index contributed by atoms with van der Waals surface area (Å²) < 4.78 is 33.0. The average molecular weight is 360 g/mol. The van der Waals surface area contributed by atoms with Gasteiger partial charge in [-0.05, 0) is 34.5 Å². The lowest BCUT2D eigenvalue weighted by atomic mass is 9.85. The Kier molecular flexibility index (Phi) is 3.27. The number of esters is 1. The number of ether oxygens (including phenoxy) is 1. The molecule has 1 spiro atoms. The molecule has 7 heteroatoms. The molecule has 112 valence electrons. The van der Waals surface area contributed by atoms with Crippen LogP contribution < -0.4 is 0 Å². The molecule has 2 aliphatic rings. The molecule has 0 saturated heterocycles. The number of nitrogens with zero attached hydrogens (tertiary/aromatic N) is 1. The molecule has 4 nitrogen and oxygen atoms in total. The minimum absolute atomic E-state index is 0.0114. The van der Waals surface area contributed by atoms with Crippen molar-refractivity contribution in [2.24, 2.45) is 0 Å². The zero-order chi connectivity index (χ0) is 15.4. The van der Waals surface area contributed by atoms with Gasteiger partial charge in [0.1, 0.15) is 18.5 Å². The molecule has 21 heavy (non-hydrogen) atoms. The van der Waals surface area contributed by atoms with Crippen LogP contribution in [-0.4, -0.2) is 43.1 Å². The minimum atomic E-state index is -1.21. The van der Waals surface area contributed by atoms with E-state index in [9.17, 15) is 18.4 Å². The van der Waals surface area contributed by atoms with Crippen LogP contribution in [0.4, 0.5) is 8.78 Å². The predicted octanol–water partition coefficient (Wildman–Crippen LogP) is 2.20. The molecule has 0 unspecified atom stereocenters. The van der Waals surface area contributed by atoms with Crippen LogP contribution in [0.15, 0.2) is 16.6 Å². The van der Waals surface area contributed by atoms with Gasteiger partial charge in [0, 0.05) is 17.7 Å². The zero-order valence-corrected chi connectivity index (χ0v) is 12.7. The van der Waals surface area contributed by atoms with E-state index in [1.165, 1.54) is 24.1 Å². The van der Waals surface area contributed by atoms with Crippen LogP contribution in [0.1, 0.15) is 22.3 Å². The maximum absolute atomic E-state index is 14.3. The minimum Gasteiger partial charge on any atom is -0.468 e. The van der Waals surface area contributed by atoms with Gasteiger partial charge in [-0.1, -0.05) is 0 Å². The summed E-state index contributed by atoms with van der Waals surface area (Å²) in [5, 5.41) is 0. The topological polar surface area (TPSA) is 46.6 Å². The van der Waals surface area contributed by atoms with Gasteiger partial charge in [0.25, 0.3) is 5.91 Å². The van der Waals surface area contributed by atoms with Gasteiger partial charge in [-0.15, -0.1) is 0 Å². The Labute approximate surface area is 128 Å². The summed E-state index contributed by atoms with van der Waals surface area (Å²) in [5.74, 6) is -1.67. The van der Waals surface area contributed by atoms with Crippen molar-refractivity contribution in [3.8, 4) is 0 Å². The number of rotatable bonds is 2. The van der Waals surface area contributed by atoms with Gasteiger partial charge in [-0.3, -0.25) is 9.59 Å². The number of methoxy groups -OCH3 is 1. The van der Waals surface area contributed by atoms with Gasteiger partial charge >= 0.3 is 5.97 Å². The van der Waals surface area contributed by atoms with Crippen molar-refractivity contribution in [2.75, 3.05) is 20.2 Å². The van der Waals surface area contributed by atoms with Crippen molar-refractivity contribution in [1.82, 2.24) is 4.90 Å². The lowest BCUT2D eigenvalue weighted by Crippen LogP contribution is -2.47. The van der Waals surface area contributed by atoms with E-state index in [2.05, 4.69) is 20.7 Å². The van der Waals surface area contributed by atoms with Crippen molar-refractivity contribution >= 4 is 27.8 Å². The molecule has 1 aromatic carbocycles. The van der Waals surface area contributed by atoms with Crippen molar-refractivity contribution in [3.05, 3.63) is 33.5 Å². The van der Waals surface area contributed by atoms with Gasteiger partial charge < -0.3 is 9.64 Å². The van der Waals surface area contributed by atoms with Crippen LogP contribution in [-0.2, 0) is 14.9 Å². The number of carbonyl (C=O) groups excluding carboxylic acids is 2. The largest absolute Gasteiger partial charge is 0.468 e. The Balaban J connectivity index is 2.07. The van der Waals surface area contributed by atoms with Gasteiger partial charge in [-0.25, -0.2) is 8.78 Å². The molecule has 1 amide bonds. The van der Waals surface area contributed by atoms with Gasteiger partial charge in [0.05, 0.1) is 17.0 Å². The predicted molar refractivity (Wildman–Crippen MR) is 73.2 cm³/mol. The third kappa shape index (κ3) is 2.06. The lowest BCUT2D eigenvalue weighted by Gasteiger charge is -2.34. The standard InChI is InChI=1S/C14H12BrF2NO3/c1-21-10(19)5-18-6-14(4-9(14)16)11-7(13(18)20)2-3-8(15)12(11)17/h2-3,9H,4-6H2,1H3/t9-,14+/m1/s1. The molecule has 1 saturated carbocycles. The van der Waals surface area contributed by atoms with E-state index in [1.807, 2.05) is 0 Å². The third-order valence-corrected chi connectivity index (χ3v) is 4.73. The summed E-state index contributed by atoms with van der Waals surface area (Å²) in [6, 6.07) is 2.87. The molecule has 1 aromatic rings. The fourth-order valence-corrected chi connectivity index (χ4v) is 3.24. The maximum atomic E-state index is 14.3. The summed E-state index contributed by atoms with van der Waals surface area (Å²) in [5.41, 5.74) is -0.799. The summed E-state index contributed by atoms with van der Waals surface area (Å²) in [6.07, 6.45) is -1.06. The molecule has 0 bridgehead atoms.